The maximum atomic E-state index is 12.5. The van der Waals surface area contributed by atoms with E-state index in [2.05, 4.69) is 4.90 Å². The lowest BCUT2D eigenvalue weighted by molar-refractivity contribution is -0.136. The number of amides is 1. The van der Waals surface area contributed by atoms with Crippen LogP contribution in [0.25, 0.3) is 11.0 Å². The molecule has 1 saturated heterocycles. The van der Waals surface area contributed by atoms with Gasteiger partial charge in [0.25, 0.3) is 0 Å². The first-order valence-electron chi connectivity index (χ1n) is 11.8. The minimum atomic E-state index is -1.86. The molecule has 4 rings (SSSR count). The summed E-state index contributed by atoms with van der Waals surface area (Å²) in [4.78, 5) is 27.0. The number of nitrogens with two attached hydrogens (primary N) is 1. The SMILES string of the molecule is Cc1ccc2oc(=O)c(CC(O)(CCc3ccc(OCCN4CCCC4)cc3)C(N)=O)cc2c1. The maximum absolute atomic E-state index is 12.5. The van der Waals surface area contributed by atoms with Crippen molar-refractivity contribution in [3.05, 3.63) is 75.6 Å². The Morgan fingerprint density at radius 2 is 1.88 bits per heavy atom. The average molecular weight is 465 g/mol. The summed E-state index contributed by atoms with van der Waals surface area (Å²) in [5.41, 5.74) is 5.75. The highest BCUT2D eigenvalue weighted by Gasteiger charge is 2.35. The number of aryl methyl sites for hydroxylation is 2. The lowest BCUT2D eigenvalue weighted by atomic mass is 9.88. The van der Waals surface area contributed by atoms with Crippen LogP contribution in [0.1, 0.15) is 36.0 Å². The van der Waals surface area contributed by atoms with E-state index in [4.69, 9.17) is 14.9 Å². The Hall–Kier alpha value is -3.16. The number of carbonyl (C=O) groups excluding carboxylic acids is 1. The highest BCUT2D eigenvalue weighted by atomic mass is 16.5. The Balaban J connectivity index is 1.38. The number of carbonyl (C=O) groups is 1. The van der Waals surface area contributed by atoms with E-state index >= 15 is 0 Å². The monoisotopic (exact) mass is 464 g/mol. The van der Waals surface area contributed by atoms with Crippen LogP contribution in [0, 0.1) is 6.92 Å². The van der Waals surface area contributed by atoms with Crippen LogP contribution >= 0.6 is 0 Å². The van der Waals surface area contributed by atoms with Crippen molar-refractivity contribution in [2.45, 2.75) is 44.6 Å². The van der Waals surface area contributed by atoms with Crippen molar-refractivity contribution < 1.29 is 19.1 Å². The molecule has 3 N–H and O–H groups in total. The van der Waals surface area contributed by atoms with E-state index in [1.54, 1.807) is 12.1 Å². The molecule has 1 aliphatic heterocycles. The Morgan fingerprint density at radius 1 is 1.15 bits per heavy atom. The predicted octanol–water partition coefficient (Wildman–Crippen LogP) is 2.97. The first kappa shape index (κ1) is 24.0. The molecule has 34 heavy (non-hydrogen) atoms. The van der Waals surface area contributed by atoms with Gasteiger partial charge in [-0.1, -0.05) is 23.8 Å². The molecule has 180 valence electrons. The normalized spacial score (nSPS) is 15.9. The molecule has 7 nitrogen and oxygen atoms in total. The van der Waals surface area contributed by atoms with Crippen molar-refractivity contribution in [1.82, 2.24) is 4.90 Å². The first-order valence-corrected chi connectivity index (χ1v) is 11.8. The second kappa shape index (κ2) is 10.4. The zero-order valence-corrected chi connectivity index (χ0v) is 19.6. The summed E-state index contributed by atoms with van der Waals surface area (Å²) in [6, 6.07) is 14.8. The molecule has 2 aromatic carbocycles. The molecule has 1 fully saturated rings. The van der Waals surface area contributed by atoms with Gasteiger partial charge in [0.05, 0.1) is 0 Å². The molecule has 1 aliphatic rings. The van der Waals surface area contributed by atoms with E-state index in [9.17, 15) is 14.7 Å². The van der Waals surface area contributed by atoms with E-state index in [-0.39, 0.29) is 18.4 Å². The number of hydrogen-bond acceptors (Lipinski definition) is 6. The number of rotatable bonds is 10. The van der Waals surface area contributed by atoms with Crippen molar-refractivity contribution in [3.63, 3.8) is 0 Å². The topological polar surface area (TPSA) is 106 Å². The number of hydrogen-bond donors (Lipinski definition) is 2. The Morgan fingerprint density at radius 3 is 2.59 bits per heavy atom. The molecule has 1 atom stereocenters. The molecule has 0 saturated carbocycles. The van der Waals surface area contributed by atoms with Crippen LogP contribution < -0.4 is 16.1 Å². The molecule has 1 amide bonds. The van der Waals surface area contributed by atoms with Crippen molar-refractivity contribution in [2.75, 3.05) is 26.2 Å². The van der Waals surface area contributed by atoms with Gasteiger partial charge in [-0.3, -0.25) is 9.69 Å². The Labute approximate surface area is 199 Å². The summed E-state index contributed by atoms with van der Waals surface area (Å²) >= 11 is 0. The minimum absolute atomic E-state index is 0.0861. The number of nitrogens with zero attached hydrogens (tertiary/aromatic N) is 1. The molecule has 1 aromatic heterocycles. The zero-order valence-electron chi connectivity index (χ0n) is 19.6. The van der Waals surface area contributed by atoms with Gasteiger partial charge in [-0.05, 0) is 81.6 Å². The quantitative estimate of drug-likeness (QED) is 0.447. The molecular weight excluding hydrogens is 432 g/mol. The molecule has 0 bridgehead atoms. The molecule has 0 aliphatic carbocycles. The fourth-order valence-electron chi connectivity index (χ4n) is 4.42. The van der Waals surface area contributed by atoms with Crippen molar-refractivity contribution in [2.24, 2.45) is 5.73 Å². The van der Waals surface area contributed by atoms with E-state index in [0.29, 0.717) is 18.6 Å². The number of fused-ring (bicyclic) bond motifs is 1. The number of benzene rings is 2. The third-order valence-corrected chi connectivity index (χ3v) is 6.53. The van der Waals surface area contributed by atoms with Crippen LogP contribution in [0.15, 0.2) is 57.7 Å². The number of aliphatic hydroxyl groups is 1. The van der Waals surface area contributed by atoms with Gasteiger partial charge < -0.3 is 20.0 Å². The first-order chi connectivity index (χ1) is 16.3. The molecule has 1 unspecified atom stereocenters. The number of likely N-dealkylation sites (tertiary alicyclic amines) is 1. The molecule has 2 heterocycles. The van der Waals surface area contributed by atoms with Gasteiger partial charge >= 0.3 is 5.63 Å². The van der Waals surface area contributed by atoms with Gasteiger partial charge in [-0.15, -0.1) is 0 Å². The Kier molecular flexibility index (Phi) is 7.34. The molecular formula is C27H32N2O5. The van der Waals surface area contributed by atoms with Crippen molar-refractivity contribution in [1.29, 1.82) is 0 Å². The van der Waals surface area contributed by atoms with Crippen molar-refractivity contribution in [3.8, 4) is 5.75 Å². The smallest absolute Gasteiger partial charge is 0.339 e. The van der Waals surface area contributed by atoms with Gasteiger partial charge in [0, 0.05) is 23.9 Å². The summed E-state index contributed by atoms with van der Waals surface area (Å²) < 4.78 is 11.2. The maximum Gasteiger partial charge on any atom is 0.339 e. The van der Waals surface area contributed by atoms with Crippen LogP contribution in [0.2, 0.25) is 0 Å². The van der Waals surface area contributed by atoms with E-state index in [1.165, 1.54) is 12.8 Å². The largest absolute Gasteiger partial charge is 0.492 e. The molecule has 0 radical (unpaired) electrons. The highest BCUT2D eigenvalue weighted by molar-refractivity contribution is 5.84. The van der Waals surface area contributed by atoms with E-state index in [1.807, 2.05) is 43.3 Å². The summed E-state index contributed by atoms with van der Waals surface area (Å²) in [6.07, 6.45) is 2.83. The molecule has 3 aromatic rings. The van der Waals surface area contributed by atoms with Gasteiger partial charge in [0.2, 0.25) is 5.91 Å². The third kappa shape index (κ3) is 5.85. The lowest BCUT2D eigenvalue weighted by Crippen LogP contribution is -2.47. The van der Waals surface area contributed by atoms with Gasteiger partial charge in [0.1, 0.15) is 23.5 Å². The summed E-state index contributed by atoms with van der Waals surface area (Å²) in [6.45, 7) is 5.80. The second-order valence-electron chi connectivity index (χ2n) is 9.21. The van der Waals surface area contributed by atoms with Crippen LogP contribution in [0.5, 0.6) is 5.75 Å². The van der Waals surface area contributed by atoms with E-state index < -0.39 is 17.1 Å². The summed E-state index contributed by atoms with van der Waals surface area (Å²) in [5.74, 6) is -0.0738. The molecule has 0 spiro atoms. The number of primary amides is 1. The third-order valence-electron chi connectivity index (χ3n) is 6.53. The van der Waals surface area contributed by atoms with Crippen LogP contribution in [0.4, 0.5) is 0 Å². The highest BCUT2D eigenvalue weighted by Crippen LogP contribution is 2.23. The average Bonchev–Trinajstić information content (AvgIpc) is 3.33. The van der Waals surface area contributed by atoms with Crippen molar-refractivity contribution >= 4 is 16.9 Å². The van der Waals surface area contributed by atoms with Gasteiger partial charge in [0.15, 0.2) is 0 Å². The van der Waals surface area contributed by atoms with Crippen LogP contribution in [-0.2, 0) is 17.6 Å². The molecule has 7 heteroatoms. The van der Waals surface area contributed by atoms with Gasteiger partial charge in [-0.2, -0.15) is 0 Å². The van der Waals surface area contributed by atoms with Crippen LogP contribution in [0.3, 0.4) is 0 Å². The van der Waals surface area contributed by atoms with Crippen LogP contribution in [-0.4, -0.2) is 47.8 Å². The minimum Gasteiger partial charge on any atom is -0.492 e. The second-order valence-corrected chi connectivity index (χ2v) is 9.21. The fraction of sp³-hybridized carbons (Fsp3) is 0.407. The zero-order chi connectivity index (χ0) is 24.1. The predicted molar refractivity (Wildman–Crippen MR) is 131 cm³/mol. The summed E-state index contributed by atoms with van der Waals surface area (Å²) in [5, 5.41) is 11.8. The van der Waals surface area contributed by atoms with E-state index in [0.717, 1.165) is 41.9 Å². The standard InChI is InChI=1S/C27H32N2O5/c1-19-4-9-24-21(16-19)17-22(25(30)34-24)18-27(32,26(28)31)11-10-20-5-7-23(8-6-20)33-15-14-29-12-2-3-13-29/h4-9,16-17,32H,2-3,10-15,18H2,1H3,(H2,28,31). The fourth-order valence-corrected chi connectivity index (χ4v) is 4.42. The Bertz CT molecular complexity index is 1200. The summed E-state index contributed by atoms with van der Waals surface area (Å²) in [7, 11) is 0. The van der Waals surface area contributed by atoms with Gasteiger partial charge in [-0.25, -0.2) is 4.79 Å². The number of ether oxygens (including phenoxy) is 1. The lowest BCUT2D eigenvalue weighted by Gasteiger charge is -2.24.